The molecule has 8 heteroatoms. The highest BCUT2D eigenvalue weighted by atomic mass is 19.1. The van der Waals surface area contributed by atoms with Gasteiger partial charge in [-0.05, 0) is 43.4 Å². The van der Waals surface area contributed by atoms with Gasteiger partial charge in [0.15, 0.2) is 0 Å². The van der Waals surface area contributed by atoms with Gasteiger partial charge in [-0.15, -0.1) is 5.10 Å². The monoisotopic (exact) mass is 413 g/mol. The number of rotatable bonds is 5. The average molecular weight is 413 g/mol. The first-order valence-corrected chi connectivity index (χ1v) is 11.0. The maximum atomic E-state index is 13.2. The Kier molecular flexibility index (Phi) is 5.52. The van der Waals surface area contributed by atoms with E-state index in [1.807, 2.05) is 4.68 Å². The summed E-state index contributed by atoms with van der Waals surface area (Å²) in [6, 6.07) is 6.73. The van der Waals surface area contributed by atoms with Crippen LogP contribution in [0, 0.1) is 11.7 Å². The summed E-state index contributed by atoms with van der Waals surface area (Å²) in [5.74, 6) is 0.259. The minimum Gasteiger partial charge on any atom is -0.365 e. The molecule has 1 saturated carbocycles. The van der Waals surface area contributed by atoms with E-state index in [2.05, 4.69) is 20.5 Å². The zero-order valence-corrected chi connectivity index (χ0v) is 17.1. The third-order valence-corrected chi connectivity index (χ3v) is 6.70. The molecule has 1 aromatic heterocycles. The second-order valence-electron chi connectivity index (χ2n) is 8.70. The Labute approximate surface area is 175 Å². The molecule has 30 heavy (non-hydrogen) atoms. The number of hydrogen-bond acceptors (Lipinski definition) is 5. The Bertz CT molecular complexity index is 887. The van der Waals surface area contributed by atoms with Crippen molar-refractivity contribution in [1.82, 2.24) is 25.2 Å². The Morgan fingerprint density at radius 2 is 1.93 bits per heavy atom. The zero-order chi connectivity index (χ0) is 20.5. The molecular weight excluding hydrogens is 385 g/mol. The summed E-state index contributed by atoms with van der Waals surface area (Å²) in [5.41, 5.74) is 2.93. The van der Waals surface area contributed by atoms with Crippen LogP contribution in [0.5, 0.6) is 0 Å². The highest BCUT2D eigenvalue weighted by Crippen LogP contribution is 2.28. The van der Waals surface area contributed by atoms with E-state index in [0.717, 1.165) is 62.3 Å². The number of nitrogens with one attached hydrogen (secondary N) is 1. The summed E-state index contributed by atoms with van der Waals surface area (Å²) in [5, 5.41) is 12.0. The fourth-order valence-electron chi connectivity index (χ4n) is 4.50. The van der Waals surface area contributed by atoms with E-state index in [9.17, 15) is 9.18 Å². The number of aromatic nitrogens is 3. The van der Waals surface area contributed by atoms with E-state index in [1.165, 1.54) is 18.6 Å². The minimum atomic E-state index is -0.246. The average Bonchev–Trinajstić information content (AvgIpc) is 3.11. The van der Waals surface area contributed by atoms with Gasteiger partial charge in [-0.1, -0.05) is 23.8 Å². The number of likely N-dealkylation sites (tertiary alicyclic amines) is 1. The SMILES string of the molecule is O=C(NC1CCN(Cc2nnn3c2COC(c2ccc(F)cc2)C3)CC1)C1CCC1. The second kappa shape index (κ2) is 8.43. The summed E-state index contributed by atoms with van der Waals surface area (Å²) in [6.45, 7) is 3.69. The molecule has 1 amide bonds. The van der Waals surface area contributed by atoms with Gasteiger partial charge in [0.1, 0.15) is 17.6 Å². The van der Waals surface area contributed by atoms with Crippen LogP contribution in [0.15, 0.2) is 24.3 Å². The molecule has 0 spiro atoms. The van der Waals surface area contributed by atoms with Crippen LogP contribution in [0.25, 0.3) is 0 Å². The van der Waals surface area contributed by atoms with Crippen molar-refractivity contribution in [2.45, 2.75) is 63.9 Å². The van der Waals surface area contributed by atoms with Gasteiger partial charge in [0.25, 0.3) is 0 Å². The quantitative estimate of drug-likeness (QED) is 0.816. The van der Waals surface area contributed by atoms with Crippen LogP contribution in [0.1, 0.15) is 55.2 Å². The van der Waals surface area contributed by atoms with Gasteiger partial charge in [0.05, 0.1) is 18.8 Å². The summed E-state index contributed by atoms with van der Waals surface area (Å²) < 4.78 is 21.1. The smallest absolute Gasteiger partial charge is 0.223 e. The number of fused-ring (bicyclic) bond motifs is 1. The highest BCUT2D eigenvalue weighted by molar-refractivity contribution is 5.79. The van der Waals surface area contributed by atoms with Crippen molar-refractivity contribution in [3.63, 3.8) is 0 Å². The lowest BCUT2D eigenvalue weighted by Gasteiger charge is -2.34. The summed E-state index contributed by atoms with van der Waals surface area (Å²) in [4.78, 5) is 14.5. The molecule has 0 bridgehead atoms. The van der Waals surface area contributed by atoms with Crippen LogP contribution >= 0.6 is 0 Å². The molecule has 2 aromatic rings. The lowest BCUT2D eigenvalue weighted by molar-refractivity contribution is -0.128. The molecular formula is C22H28FN5O2. The number of carbonyl (C=O) groups excluding carboxylic acids is 1. The van der Waals surface area contributed by atoms with Crippen LogP contribution in [-0.4, -0.2) is 44.9 Å². The van der Waals surface area contributed by atoms with E-state index in [1.54, 1.807) is 12.1 Å². The first-order valence-electron chi connectivity index (χ1n) is 11.0. The highest BCUT2D eigenvalue weighted by Gasteiger charge is 2.30. The molecule has 1 atom stereocenters. The number of benzene rings is 1. The van der Waals surface area contributed by atoms with Crippen molar-refractivity contribution < 1.29 is 13.9 Å². The van der Waals surface area contributed by atoms with Gasteiger partial charge in [-0.3, -0.25) is 9.69 Å². The maximum Gasteiger partial charge on any atom is 0.223 e. The standard InChI is InChI=1S/C22H28FN5O2/c23-17-6-4-15(5-7-17)21-13-28-20(14-30-21)19(25-26-28)12-27-10-8-18(9-11-27)24-22(29)16-2-1-3-16/h4-7,16,18,21H,1-3,8-14H2,(H,24,29). The molecule has 3 heterocycles. The molecule has 0 radical (unpaired) electrons. The lowest BCUT2D eigenvalue weighted by atomic mass is 9.84. The van der Waals surface area contributed by atoms with Crippen LogP contribution in [-0.2, 0) is 29.2 Å². The third kappa shape index (κ3) is 4.11. The van der Waals surface area contributed by atoms with E-state index in [4.69, 9.17) is 4.74 Å². The van der Waals surface area contributed by atoms with Crippen molar-refractivity contribution in [1.29, 1.82) is 0 Å². The molecule has 160 valence electrons. The largest absolute Gasteiger partial charge is 0.365 e. The number of nitrogens with zero attached hydrogens (tertiary/aromatic N) is 4. The lowest BCUT2D eigenvalue weighted by Crippen LogP contribution is -2.47. The summed E-state index contributed by atoms with van der Waals surface area (Å²) in [7, 11) is 0. The molecule has 1 unspecified atom stereocenters. The number of halogens is 1. The fraction of sp³-hybridized carbons (Fsp3) is 0.591. The number of ether oxygens (including phenoxy) is 1. The fourth-order valence-corrected chi connectivity index (χ4v) is 4.50. The summed E-state index contributed by atoms with van der Waals surface area (Å²) in [6.07, 6.45) is 5.10. The third-order valence-electron chi connectivity index (χ3n) is 6.70. The Morgan fingerprint density at radius 1 is 1.17 bits per heavy atom. The van der Waals surface area contributed by atoms with Crippen LogP contribution in [0.4, 0.5) is 4.39 Å². The topological polar surface area (TPSA) is 72.3 Å². The van der Waals surface area contributed by atoms with Crippen LogP contribution < -0.4 is 5.32 Å². The summed E-state index contributed by atoms with van der Waals surface area (Å²) >= 11 is 0. The van der Waals surface area contributed by atoms with Gasteiger partial charge >= 0.3 is 0 Å². The van der Waals surface area contributed by atoms with Crippen molar-refractivity contribution in [3.8, 4) is 0 Å². The zero-order valence-electron chi connectivity index (χ0n) is 17.1. The number of amides is 1. The molecule has 1 aromatic carbocycles. The molecule has 1 aliphatic carbocycles. The second-order valence-corrected chi connectivity index (χ2v) is 8.70. The first kappa shape index (κ1) is 19.6. The number of piperidine rings is 1. The number of carbonyl (C=O) groups is 1. The maximum absolute atomic E-state index is 13.2. The Morgan fingerprint density at radius 3 is 2.63 bits per heavy atom. The normalized spacial score (nSPS) is 23.0. The van der Waals surface area contributed by atoms with Crippen molar-refractivity contribution in [3.05, 3.63) is 47.0 Å². The molecule has 1 N–H and O–H groups in total. The molecule has 2 fully saturated rings. The van der Waals surface area contributed by atoms with E-state index < -0.39 is 0 Å². The predicted molar refractivity (Wildman–Crippen MR) is 108 cm³/mol. The number of hydrogen-bond donors (Lipinski definition) is 1. The van der Waals surface area contributed by atoms with E-state index in [0.29, 0.717) is 19.2 Å². The van der Waals surface area contributed by atoms with Gasteiger partial charge in [0, 0.05) is 31.6 Å². The first-order chi connectivity index (χ1) is 14.7. The van der Waals surface area contributed by atoms with Gasteiger partial charge < -0.3 is 10.1 Å². The molecule has 2 aliphatic heterocycles. The van der Waals surface area contributed by atoms with E-state index >= 15 is 0 Å². The molecule has 3 aliphatic rings. The van der Waals surface area contributed by atoms with Gasteiger partial charge in [0.2, 0.25) is 5.91 Å². The van der Waals surface area contributed by atoms with Crippen molar-refractivity contribution >= 4 is 5.91 Å². The van der Waals surface area contributed by atoms with Gasteiger partial charge in [-0.25, -0.2) is 9.07 Å². The van der Waals surface area contributed by atoms with E-state index in [-0.39, 0.29) is 23.7 Å². The van der Waals surface area contributed by atoms with Crippen molar-refractivity contribution in [2.75, 3.05) is 13.1 Å². The Balaban J connectivity index is 1.14. The van der Waals surface area contributed by atoms with Crippen molar-refractivity contribution in [2.24, 2.45) is 5.92 Å². The predicted octanol–water partition coefficient (Wildman–Crippen LogP) is 2.57. The molecule has 1 saturated heterocycles. The van der Waals surface area contributed by atoms with Crippen LogP contribution in [0.2, 0.25) is 0 Å². The van der Waals surface area contributed by atoms with Crippen LogP contribution in [0.3, 0.4) is 0 Å². The van der Waals surface area contributed by atoms with Gasteiger partial charge in [-0.2, -0.15) is 0 Å². The molecule has 7 nitrogen and oxygen atoms in total. The Hall–Kier alpha value is -2.32. The molecule has 5 rings (SSSR count). The minimum absolute atomic E-state index is 0.136.